The molecule has 1 aromatic carbocycles. The molecule has 0 aliphatic heterocycles. The number of rotatable bonds is 4. The molecule has 2 rings (SSSR count). The summed E-state index contributed by atoms with van der Waals surface area (Å²) >= 11 is 0. The van der Waals surface area contributed by atoms with E-state index in [2.05, 4.69) is 15.3 Å². The lowest BCUT2D eigenvalue weighted by atomic mass is 10.1. The normalized spacial score (nSPS) is 9.83. The number of benzene rings is 1. The number of aromatic nitrogens is 2. The van der Waals surface area contributed by atoms with Crippen LogP contribution in [-0.4, -0.2) is 39.3 Å². The van der Waals surface area contributed by atoms with Crippen molar-refractivity contribution in [2.45, 2.75) is 0 Å². The number of anilines is 1. The average Bonchev–Trinajstić information content (AvgIpc) is 2.35. The predicted octanol–water partition coefficient (Wildman–Crippen LogP) is 1.15. The largest absolute Gasteiger partial charge is 0.478 e. The van der Waals surface area contributed by atoms with Crippen LogP contribution < -0.4 is 5.32 Å². The highest BCUT2D eigenvalue weighted by Gasteiger charge is 2.13. The first-order valence-corrected chi connectivity index (χ1v) is 5.06. The lowest BCUT2D eigenvalue weighted by molar-refractivity contribution is 0.0699. The lowest BCUT2D eigenvalue weighted by Gasteiger charge is -2.08. The molecule has 0 fully saturated rings. The Bertz CT molecular complexity index is 557. The van der Waals surface area contributed by atoms with Crippen molar-refractivity contribution < 1.29 is 15.0 Å². The first-order valence-electron chi connectivity index (χ1n) is 5.06. The Morgan fingerprint density at radius 2 is 2.11 bits per heavy atom. The first-order chi connectivity index (χ1) is 8.24. The van der Waals surface area contributed by atoms with Crippen molar-refractivity contribution in [1.82, 2.24) is 9.97 Å². The molecular weight excluding hydrogens is 258 g/mol. The van der Waals surface area contributed by atoms with E-state index in [9.17, 15) is 4.79 Å². The average molecular weight is 270 g/mol. The van der Waals surface area contributed by atoms with E-state index >= 15 is 0 Å². The molecule has 0 aliphatic rings. The molecule has 2 aromatic rings. The standard InChI is InChI=1S/C11H11N3O3.ClH/c15-5-4-12-10-9-7(11(16)17)2-1-3-8(9)13-6-14-10;/h1-3,6,15H,4-5H2,(H,16,17)(H,12,13,14);1H. The van der Waals surface area contributed by atoms with E-state index in [1.807, 2.05) is 0 Å². The van der Waals surface area contributed by atoms with E-state index in [0.717, 1.165) is 0 Å². The number of nitrogens with zero attached hydrogens (tertiary/aromatic N) is 2. The Kier molecular flexibility index (Phi) is 4.82. The number of halogens is 1. The minimum atomic E-state index is -1.03. The zero-order valence-corrected chi connectivity index (χ0v) is 10.1. The van der Waals surface area contributed by atoms with Gasteiger partial charge in [0.1, 0.15) is 12.1 Å². The number of carboxylic acids is 1. The van der Waals surface area contributed by atoms with Crippen LogP contribution in [0.4, 0.5) is 5.82 Å². The van der Waals surface area contributed by atoms with E-state index in [-0.39, 0.29) is 24.6 Å². The van der Waals surface area contributed by atoms with Gasteiger partial charge < -0.3 is 15.5 Å². The van der Waals surface area contributed by atoms with Gasteiger partial charge in [0.25, 0.3) is 0 Å². The molecule has 96 valence electrons. The van der Waals surface area contributed by atoms with Crippen LogP contribution in [0.15, 0.2) is 24.5 Å². The fraction of sp³-hybridized carbons (Fsp3) is 0.182. The van der Waals surface area contributed by atoms with Gasteiger partial charge in [-0.05, 0) is 12.1 Å². The van der Waals surface area contributed by atoms with Crippen LogP contribution in [0.1, 0.15) is 10.4 Å². The van der Waals surface area contributed by atoms with Crippen LogP contribution >= 0.6 is 12.4 Å². The summed E-state index contributed by atoms with van der Waals surface area (Å²) in [6, 6.07) is 4.85. The lowest BCUT2D eigenvalue weighted by Crippen LogP contribution is -2.09. The van der Waals surface area contributed by atoms with E-state index in [0.29, 0.717) is 23.3 Å². The number of nitrogens with one attached hydrogen (secondary N) is 1. The summed E-state index contributed by atoms with van der Waals surface area (Å²) < 4.78 is 0. The van der Waals surface area contributed by atoms with Gasteiger partial charge in [-0.2, -0.15) is 0 Å². The molecule has 0 saturated heterocycles. The minimum absolute atomic E-state index is 0. The summed E-state index contributed by atoms with van der Waals surface area (Å²) in [6.45, 7) is 0.251. The Morgan fingerprint density at radius 1 is 1.33 bits per heavy atom. The van der Waals surface area contributed by atoms with Crippen molar-refractivity contribution in [2.75, 3.05) is 18.5 Å². The van der Waals surface area contributed by atoms with Crippen LogP contribution in [0.25, 0.3) is 10.9 Å². The molecule has 7 heteroatoms. The van der Waals surface area contributed by atoms with Crippen LogP contribution in [0.5, 0.6) is 0 Å². The van der Waals surface area contributed by atoms with Crippen LogP contribution in [0.2, 0.25) is 0 Å². The van der Waals surface area contributed by atoms with E-state index in [4.69, 9.17) is 10.2 Å². The van der Waals surface area contributed by atoms with Gasteiger partial charge >= 0.3 is 5.97 Å². The maximum atomic E-state index is 11.1. The molecule has 0 amide bonds. The van der Waals surface area contributed by atoms with Crippen molar-refractivity contribution in [2.24, 2.45) is 0 Å². The van der Waals surface area contributed by atoms with Gasteiger partial charge in [-0.25, -0.2) is 14.8 Å². The molecule has 0 bridgehead atoms. The highest BCUT2D eigenvalue weighted by Crippen LogP contribution is 2.23. The molecule has 1 heterocycles. The zero-order chi connectivity index (χ0) is 12.3. The molecule has 0 aliphatic carbocycles. The Balaban J connectivity index is 0.00000162. The van der Waals surface area contributed by atoms with Crippen LogP contribution in [-0.2, 0) is 0 Å². The number of hydrogen-bond acceptors (Lipinski definition) is 5. The maximum absolute atomic E-state index is 11.1. The summed E-state index contributed by atoms with van der Waals surface area (Å²) in [5.74, 6) is -0.612. The predicted molar refractivity (Wildman–Crippen MR) is 69.3 cm³/mol. The number of carboxylic acid groups (broad SMARTS) is 1. The SMILES string of the molecule is Cl.O=C(O)c1cccc2ncnc(NCCO)c12. The fourth-order valence-electron chi connectivity index (χ4n) is 1.60. The third-order valence-electron chi connectivity index (χ3n) is 2.30. The van der Waals surface area contributed by atoms with Crippen molar-refractivity contribution >= 4 is 35.1 Å². The highest BCUT2D eigenvalue weighted by atomic mass is 35.5. The molecule has 1 aromatic heterocycles. The van der Waals surface area contributed by atoms with Crippen molar-refractivity contribution in [1.29, 1.82) is 0 Å². The first kappa shape index (κ1) is 14.1. The summed E-state index contributed by atoms with van der Waals surface area (Å²) in [7, 11) is 0. The van der Waals surface area contributed by atoms with Gasteiger partial charge in [0.05, 0.1) is 23.1 Å². The zero-order valence-electron chi connectivity index (χ0n) is 9.33. The fourth-order valence-corrected chi connectivity index (χ4v) is 1.60. The number of fused-ring (bicyclic) bond motifs is 1. The van der Waals surface area contributed by atoms with Gasteiger partial charge in [-0.3, -0.25) is 0 Å². The molecule has 0 saturated carbocycles. The highest BCUT2D eigenvalue weighted by molar-refractivity contribution is 6.06. The molecule has 6 nitrogen and oxygen atoms in total. The van der Waals surface area contributed by atoms with Gasteiger partial charge in [0, 0.05) is 6.54 Å². The second-order valence-electron chi connectivity index (χ2n) is 3.38. The summed E-state index contributed by atoms with van der Waals surface area (Å²) in [5.41, 5.74) is 0.698. The third-order valence-corrected chi connectivity index (χ3v) is 2.30. The Labute approximate surface area is 109 Å². The molecule has 0 spiro atoms. The number of aliphatic hydroxyl groups excluding tert-OH is 1. The topological polar surface area (TPSA) is 95.3 Å². The second kappa shape index (κ2) is 6.13. The molecular formula is C11H12ClN3O3. The van der Waals surface area contributed by atoms with Crippen molar-refractivity contribution in [3.05, 3.63) is 30.1 Å². The monoisotopic (exact) mass is 269 g/mol. The van der Waals surface area contributed by atoms with Gasteiger partial charge in [0.2, 0.25) is 0 Å². The molecule has 0 atom stereocenters. The number of aromatic carboxylic acids is 1. The molecule has 0 radical (unpaired) electrons. The van der Waals surface area contributed by atoms with Crippen molar-refractivity contribution in [3.8, 4) is 0 Å². The molecule has 0 unspecified atom stereocenters. The quantitative estimate of drug-likeness (QED) is 0.771. The number of aliphatic hydroxyl groups is 1. The number of carbonyl (C=O) groups is 1. The molecule has 18 heavy (non-hydrogen) atoms. The Morgan fingerprint density at radius 3 is 2.78 bits per heavy atom. The maximum Gasteiger partial charge on any atom is 0.336 e. The summed E-state index contributed by atoms with van der Waals surface area (Å²) in [4.78, 5) is 19.1. The van der Waals surface area contributed by atoms with Gasteiger partial charge in [-0.1, -0.05) is 6.07 Å². The Hall–Kier alpha value is -1.92. The summed E-state index contributed by atoms with van der Waals surface area (Å²) in [6.07, 6.45) is 1.35. The minimum Gasteiger partial charge on any atom is -0.478 e. The number of hydrogen-bond donors (Lipinski definition) is 3. The van der Waals surface area contributed by atoms with E-state index in [1.165, 1.54) is 12.4 Å². The third kappa shape index (κ3) is 2.66. The van der Waals surface area contributed by atoms with E-state index < -0.39 is 5.97 Å². The van der Waals surface area contributed by atoms with Gasteiger partial charge in [0.15, 0.2) is 0 Å². The van der Waals surface area contributed by atoms with Gasteiger partial charge in [-0.15, -0.1) is 12.4 Å². The van der Waals surface area contributed by atoms with E-state index in [1.54, 1.807) is 12.1 Å². The summed E-state index contributed by atoms with van der Waals surface area (Å²) in [5, 5.41) is 21.2. The second-order valence-corrected chi connectivity index (χ2v) is 3.38. The smallest absolute Gasteiger partial charge is 0.336 e. The van der Waals surface area contributed by atoms with Crippen molar-refractivity contribution in [3.63, 3.8) is 0 Å². The van der Waals surface area contributed by atoms with Crippen LogP contribution in [0.3, 0.4) is 0 Å². The van der Waals surface area contributed by atoms with Crippen LogP contribution in [0, 0.1) is 0 Å². The molecule has 3 N–H and O–H groups in total.